The summed E-state index contributed by atoms with van der Waals surface area (Å²) in [6, 6.07) is 0. The SMILES string of the molecule is CCCCCCC/C=C\C/C=C\C/C=C\CCCCCCCCC(=O)OC(COC(=O)CCCCCCCCCCCCCCCCCCCCCCCCCCCCC/C=C\CCCCCCCCCC)COP(=O)([O-])OCC[N+](C)(C)C. The van der Waals surface area contributed by atoms with Crippen LogP contribution in [0.25, 0.3) is 0 Å². The summed E-state index contributed by atoms with van der Waals surface area (Å²) in [5.74, 6) is -0.832. The van der Waals surface area contributed by atoms with Crippen molar-refractivity contribution in [2.75, 3.05) is 47.5 Å². The van der Waals surface area contributed by atoms with Gasteiger partial charge in [-0.3, -0.25) is 14.2 Å². The highest BCUT2D eigenvalue weighted by Crippen LogP contribution is 2.38. The number of hydrogen-bond donors (Lipinski definition) is 0. The van der Waals surface area contributed by atoms with Crippen LogP contribution in [0.1, 0.15) is 361 Å². The summed E-state index contributed by atoms with van der Waals surface area (Å²) in [5, 5.41) is 0. The zero-order chi connectivity index (χ0) is 61.2. The summed E-state index contributed by atoms with van der Waals surface area (Å²) in [6.07, 6.45) is 85.1. The van der Waals surface area contributed by atoms with Gasteiger partial charge in [0.05, 0.1) is 27.7 Å². The van der Waals surface area contributed by atoms with Gasteiger partial charge in [0.1, 0.15) is 19.8 Å². The van der Waals surface area contributed by atoms with Crippen LogP contribution in [-0.4, -0.2) is 70.0 Å². The highest BCUT2D eigenvalue weighted by atomic mass is 31.2. The molecule has 0 aliphatic carbocycles. The molecular weight excluding hydrogens is 1060 g/mol. The standard InChI is InChI=1S/C74H140NO8P/c1-6-8-10-12-14-16-18-20-22-24-26-28-29-30-31-32-33-34-35-36-37-38-39-40-41-42-43-44-45-47-48-50-52-54-56-58-60-62-64-66-73(76)80-70-72(71-82-84(78,79)81-69-68-75(3,4)5)83-74(77)67-65-63-61-59-57-55-53-51-49-46-27-25-23-21-19-17-15-13-11-9-7-2/h19,21,24-27,49,51,72H,6-18,20,22-23,28-48,50,52-71H2,1-5H3/b21-19-,26-24-,27-25-,51-49-. The number of rotatable bonds is 68. The molecule has 0 aliphatic rings. The molecule has 2 atom stereocenters. The molecule has 84 heavy (non-hydrogen) atoms. The van der Waals surface area contributed by atoms with Crippen molar-refractivity contribution in [3.63, 3.8) is 0 Å². The molecule has 10 heteroatoms. The highest BCUT2D eigenvalue weighted by molar-refractivity contribution is 7.45. The Bertz CT molecular complexity index is 1560. The second kappa shape index (κ2) is 65.4. The molecule has 9 nitrogen and oxygen atoms in total. The number of nitrogens with zero attached hydrogens (tertiary/aromatic N) is 1. The van der Waals surface area contributed by atoms with Gasteiger partial charge in [0, 0.05) is 12.8 Å². The van der Waals surface area contributed by atoms with Gasteiger partial charge < -0.3 is 27.9 Å². The fraction of sp³-hybridized carbons (Fsp3) is 0.865. The van der Waals surface area contributed by atoms with Gasteiger partial charge in [0.15, 0.2) is 6.10 Å². The van der Waals surface area contributed by atoms with E-state index in [-0.39, 0.29) is 32.0 Å². The second-order valence-corrected chi connectivity index (χ2v) is 27.4. The molecule has 0 heterocycles. The maximum Gasteiger partial charge on any atom is 0.306 e. The summed E-state index contributed by atoms with van der Waals surface area (Å²) in [7, 11) is 1.17. The maximum absolute atomic E-state index is 12.8. The first kappa shape index (κ1) is 82.0. The zero-order valence-electron chi connectivity index (χ0n) is 56.4. The fourth-order valence-electron chi connectivity index (χ4n) is 10.7. The van der Waals surface area contributed by atoms with Gasteiger partial charge in [-0.2, -0.15) is 0 Å². The van der Waals surface area contributed by atoms with E-state index < -0.39 is 26.5 Å². The van der Waals surface area contributed by atoms with Crippen molar-refractivity contribution in [3.8, 4) is 0 Å². The Morgan fingerprint density at radius 2 is 0.643 bits per heavy atom. The second-order valence-electron chi connectivity index (χ2n) is 26.0. The Hall–Kier alpha value is -2.03. The summed E-state index contributed by atoms with van der Waals surface area (Å²) < 4.78 is 34.3. The third-order valence-electron chi connectivity index (χ3n) is 16.3. The van der Waals surface area contributed by atoms with Crippen LogP contribution in [-0.2, 0) is 32.7 Å². The van der Waals surface area contributed by atoms with E-state index >= 15 is 0 Å². The van der Waals surface area contributed by atoms with Crippen LogP contribution in [0.3, 0.4) is 0 Å². The van der Waals surface area contributed by atoms with E-state index in [4.69, 9.17) is 18.5 Å². The molecule has 0 aromatic carbocycles. The lowest BCUT2D eigenvalue weighted by atomic mass is 10.0. The first-order chi connectivity index (χ1) is 41.0. The van der Waals surface area contributed by atoms with Gasteiger partial charge in [-0.1, -0.05) is 319 Å². The molecule has 0 amide bonds. The van der Waals surface area contributed by atoms with Gasteiger partial charge in [0.25, 0.3) is 7.82 Å². The quantitative estimate of drug-likeness (QED) is 0.0195. The van der Waals surface area contributed by atoms with Crippen LogP contribution in [0.4, 0.5) is 0 Å². The van der Waals surface area contributed by atoms with Crippen molar-refractivity contribution in [2.24, 2.45) is 0 Å². The molecule has 0 spiro atoms. The van der Waals surface area contributed by atoms with Crippen molar-refractivity contribution in [1.82, 2.24) is 0 Å². The van der Waals surface area contributed by atoms with Crippen molar-refractivity contribution in [1.29, 1.82) is 0 Å². The number of phosphoric acid groups is 1. The third-order valence-corrected chi connectivity index (χ3v) is 17.3. The number of carbonyl (C=O) groups excluding carboxylic acids is 2. The Balaban J connectivity index is 3.91. The minimum atomic E-state index is -4.64. The fourth-order valence-corrected chi connectivity index (χ4v) is 11.5. The van der Waals surface area contributed by atoms with Crippen LogP contribution >= 0.6 is 7.82 Å². The molecule has 0 radical (unpaired) electrons. The lowest BCUT2D eigenvalue weighted by Gasteiger charge is -2.28. The van der Waals surface area contributed by atoms with Gasteiger partial charge >= 0.3 is 11.9 Å². The molecule has 494 valence electrons. The van der Waals surface area contributed by atoms with E-state index in [0.717, 1.165) is 70.6 Å². The molecule has 0 N–H and O–H groups in total. The van der Waals surface area contributed by atoms with Crippen molar-refractivity contribution < 1.29 is 42.1 Å². The Morgan fingerprint density at radius 1 is 0.369 bits per heavy atom. The monoisotopic (exact) mass is 1200 g/mol. The van der Waals surface area contributed by atoms with E-state index in [2.05, 4.69) is 62.5 Å². The largest absolute Gasteiger partial charge is 0.756 e. The van der Waals surface area contributed by atoms with Crippen LogP contribution in [0.5, 0.6) is 0 Å². The lowest BCUT2D eigenvalue weighted by Crippen LogP contribution is -2.37. The molecular formula is C74H140NO8P. The van der Waals surface area contributed by atoms with Crippen LogP contribution in [0.2, 0.25) is 0 Å². The number of allylic oxidation sites excluding steroid dienone is 8. The summed E-state index contributed by atoms with van der Waals surface area (Å²) in [4.78, 5) is 38.0. The molecule has 0 aliphatic heterocycles. The summed E-state index contributed by atoms with van der Waals surface area (Å²) in [5.41, 5.74) is 0. The minimum Gasteiger partial charge on any atom is -0.756 e. The molecule has 0 saturated heterocycles. The van der Waals surface area contributed by atoms with Gasteiger partial charge in [-0.25, -0.2) is 0 Å². The first-order valence-electron chi connectivity index (χ1n) is 36.3. The molecule has 0 fully saturated rings. The normalized spacial score (nSPS) is 13.4. The number of esters is 2. The van der Waals surface area contributed by atoms with E-state index in [1.54, 1.807) is 0 Å². The molecule has 2 unspecified atom stereocenters. The minimum absolute atomic E-state index is 0.0329. The molecule has 0 aromatic rings. The number of ether oxygens (including phenoxy) is 2. The van der Waals surface area contributed by atoms with Crippen LogP contribution < -0.4 is 4.89 Å². The average Bonchev–Trinajstić information content (AvgIpc) is 3.61. The van der Waals surface area contributed by atoms with E-state index in [9.17, 15) is 19.0 Å². The molecule has 0 aromatic heterocycles. The highest BCUT2D eigenvalue weighted by Gasteiger charge is 2.22. The number of likely N-dealkylation sites (N-methyl/N-ethyl adjacent to an activating group) is 1. The number of quaternary nitrogens is 1. The predicted octanol–water partition coefficient (Wildman–Crippen LogP) is 23.0. The molecule has 0 saturated carbocycles. The summed E-state index contributed by atoms with van der Waals surface area (Å²) >= 11 is 0. The van der Waals surface area contributed by atoms with E-state index in [1.165, 1.54) is 257 Å². The van der Waals surface area contributed by atoms with Gasteiger partial charge in [-0.15, -0.1) is 0 Å². The van der Waals surface area contributed by atoms with Gasteiger partial charge in [0.2, 0.25) is 0 Å². The Labute approximate surface area is 522 Å². The number of unbranched alkanes of at least 4 members (excludes halogenated alkanes) is 46. The topological polar surface area (TPSA) is 111 Å². The lowest BCUT2D eigenvalue weighted by molar-refractivity contribution is -0.870. The van der Waals surface area contributed by atoms with Crippen LogP contribution in [0, 0.1) is 0 Å². The third kappa shape index (κ3) is 69.1. The molecule has 0 bridgehead atoms. The predicted molar refractivity (Wildman–Crippen MR) is 360 cm³/mol. The van der Waals surface area contributed by atoms with Gasteiger partial charge in [-0.05, 0) is 77.0 Å². The smallest absolute Gasteiger partial charge is 0.306 e. The van der Waals surface area contributed by atoms with Crippen molar-refractivity contribution in [2.45, 2.75) is 367 Å². The van der Waals surface area contributed by atoms with E-state index in [1.807, 2.05) is 21.1 Å². The van der Waals surface area contributed by atoms with Crippen LogP contribution in [0.15, 0.2) is 48.6 Å². The maximum atomic E-state index is 12.8. The number of hydrogen-bond acceptors (Lipinski definition) is 8. The number of carbonyl (C=O) groups is 2. The molecule has 0 rings (SSSR count). The summed E-state index contributed by atoms with van der Waals surface area (Å²) in [6.45, 7) is 4.26. The zero-order valence-corrected chi connectivity index (χ0v) is 57.3. The Kier molecular flexibility index (Phi) is 63.8. The first-order valence-corrected chi connectivity index (χ1v) is 37.8. The van der Waals surface area contributed by atoms with Crippen molar-refractivity contribution in [3.05, 3.63) is 48.6 Å². The van der Waals surface area contributed by atoms with E-state index in [0.29, 0.717) is 17.4 Å². The average molecular weight is 1200 g/mol. The van der Waals surface area contributed by atoms with Crippen molar-refractivity contribution >= 4 is 19.8 Å². The number of phosphoric ester groups is 1. The Morgan fingerprint density at radius 3 is 0.964 bits per heavy atom.